The van der Waals surface area contributed by atoms with Crippen molar-refractivity contribution in [3.05, 3.63) is 5.69 Å². The van der Waals surface area contributed by atoms with Crippen LogP contribution in [0.2, 0.25) is 0 Å². The van der Waals surface area contributed by atoms with E-state index in [1.165, 1.54) is 11.3 Å². The van der Waals surface area contributed by atoms with Gasteiger partial charge in [0.1, 0.15) is 5.60 Å². The van der Waals surface area contributed by atoms with Crippen molar-refractivity contribution in [2.75, 3.05) is 5.32 Å². The first kappa shape index (κ1) is 12.3. The van der Waals surface area contributed by atoms with Gasteiger partial charge in [-0.2, -0.15) is 0 Å². The zero-order valence-electron chi connectivity index (χ0n) is 9.12. The Morgan fingerprint density at radius 2 is 2.13 bits per heavy atom. The number of amides is 1. The topological polar surface area (TPSA) is 51.2 Å². The van der Waals surface area contributed by atoms with Gasteiger partial charge in [-0.1, -0.05) is 11.3 Å². The van der Waals surface area contributed by atoms with Gasteiger partial charge in [0.2, 0.25) is 0 Å². The number of nitrogens with zero attached hydrogens (tertiary/aromatic N) is 1. The molecule has 1 amide bonds. The number of aromatic nitrogens is 1. The molecule has 1 rings (SSSR count). The standard InChI is InChI=1S/C9H14N2O2S2/c1-5-6(14)15-7(10-5)11-8(12)13-9(2,3)4/h14H,1-4H3,(H,10,11,12). The number of thiol groups is 1. The van der Waals surface area contributed by atoms with Crippen LogP contribution in [-0.2, 0) is 4.74 Å². The van der Waals surface area contributed by atoms with Crippen molar-refractivity contribution >= 4 is 35.2 Å². The molecule has 1 heterocycles. The predicted molar refractivity (Wildman–Crippen MR) is 64.0 cm³/mol. The number of carbonyl (C=O) groups is 1. The highest BCUT2D eigenvalue weighted by Crippen LogP contribution is 2.25. The Morgan fingerprint density at radius 1 is 1.53 bits per heavy atom. The number of ether oxygens (including phenoxy) is 1. The normalized spacial score (nSPS) is 11.3. The first-order chi connectivity index (χ1) is 6.78. The average molecular weight is 246 g/mol. The summed E-state index contributed by atoms with van der Waals surface area (Å²) in [6, 6.07) is 0. The van der Waals surface area contributed by atoms with Crippen molar-refractivity contribution in [1.29, 1.82) is 0 Å². The van der Waals surface area contributed by atoms with E-state index in [-0.39, 0.29) is 0 Å². The summed E-state index contributed by atoms with van der Waals surface area (Å²) >= 11 is 5.50. The molecule has 0 unspecified atom stereocenters. The number of nitrogens with one attached hydrogen (secondary N) is 1. The molecule has 0 saturated carbocycles. The molecule has 1 aromatic rings. The molecule has 0 aliphatic rings. The number of rotatable bonds is 1. The highest BCUT2D eigenvalue weighted by molar-refractivity contribution is 7.83. The summed E-state index contributed by atoms with van der Waals surface area (Å²) in [5, 5.41) is 3.06. The SMILES string of the molecule is Cc1nc(NC(=O)OC(C)(C)C)sc1S. The van der Waals surface area contributed by atoms with Crippen molar-refractivity contribution in [3.63, 3.8) is 0 Å². The van der Waals surface area contributed by atoms with Gasteiger partial charge in [-0.05, 0) is 27.7 Å². The quantitative estimate of drug-likeness (QED) is 0.749. The van der Waals surface area contributed by atoms with Gasteiger partial charge in [0, 0.05) is 0 Å². The summed E-state index contributed by atoms with van der Waals surface area (Å²) in [6.07, 6.45) is -0.496. The Kier molecular flexibility index (Phi) is 3.62. The van der Waals surface area contributed by atoms with Gasteiger partial charge in [-0.25, -0.2) is 9.78 Å². The van der Waals surface area contributed by atoms with Gasteiger partial charge in [0.25, 0.3) is 0 Å². The van der Waals surface area contributed by atoms with Gasteiger partial charge in [-0.15, -0.1) is 12.6 Å². The fourth-order valence-corrected chi connectivity index (χ4v) is 1.84. The highest BCUT2D eigenvalue weighted by Gasteiger charge is 2.17. The monoisotopic (exact) mass is 246 g/mol. The highest BCUT2D eigenvalue weighted by atomic mass is 32.2. The zero-order chi connectivity index (χ0) is 11.6. The third kappa shape index (κ3) is 4.09. The maximum absolute atomic E-state index is 11.4. The molecule has 4 nitrogen and oxygen atoms in total. The summed E-state index contributed by atoms with van der Waals surface area (Å²) in [5.74, 6) is 0. The van der Waals surface area contributed by atoms with E-state index in [0.29, 0.717) is 5.13 Å². The number of hydrogen-bond donors (Lipinski definition) is 2. The zero-order valence-corrected chi connectivity index (χ0v) is 10.8. The van der Waals surface area contributed by atoms with Crippen LogP contribution in [0, 0.1) is 6.92 Å². The minimum Gasteiger partial charge on any atom is -0.444 e. The summed E-state index contributed by atoms with van der Waals surface area (Å²) in [5.41, 5.74) is 0.301. The lowest BCUT2D eigenvalue weighted by Crippen LogP contribution is -2.27. The fraction of sp³-hybridized carbons (Fsp3) is 0.556. The minimum atomic E-state index is -0.500. The van der Waals surface area contributed by atoms with Gasteiger partial charge in [0.15, 0.2) is 5.13 Å². The van der Waals surface area contributed by atoms with E-state index < -0.39 is 11.7 Å². The number of thiazole rings is 1. The Balaban J connectivity index is 2.59. The Bertz CT molecular complexity index is 349. The third-order valence-electron chi connectivity index (χ3n) is 1.38. The summed E-state index contributed by atoms with van der Waals surface area (Å²) in [6.45, 7) is 7.26. The average Bonchev–Trinajstić information content (AvgIpc) is 2.26. The molecule has 1 aromatic heterocycles. The van der Waals surface area contributed by atoms with Gasteiger partial charge < -0.3 is 4.74 Å². The van der Waals surface area contributed by atoms with Crippen LogP contribution in [0.3, 0.4) is 0 Å². The first-order valence-corrected chi connectivity index (χ1v) is 5.71. The summed E-state index contributed by atoms with van der Waals surface area (Å²) in [4.78, 5) is 15.5. The molecular formula is C9H14N2O2S2. The van der Waals surface area contributed by atoms with Crippen LogP contribution in [0.1, 0.15) is 26.5 Å². The summed E-state index contributed by atoms with van der Waals surface area (Å²) < 4.78 is 5.88. The van der Waals surface area contributed by atoms with Crippen molar-refractivity contribution in [1.82, 2.24) is 4.98 Å². The maximum Gasteiger partial charge on any atom is 0.413 e. The third-order valence-corrected chi connectivity index (χ3v) is 2.85. The lowest BCUT2D eigenvalue weighted by atomic mass is 10.2. The lowest BCUT2D eigenvalue weighted by molar-refractivity contribution is 0.0636. The molecule has 0 saturated heterocycles. The Labute approximate surface area is 98.5 Å². The maximum atomic E-state index is 11.4. The van der Waals surface area contributed by atoms with Gasteiger partial charge >= 0.3 is 6.09 Å². The number of aryl methyl sites for hydroxylation is 1. The van der Waals surface area contributed by atoms with E-state index in [4.69, 9.17) is 4.74 Å². The molecule has 1 N–H and O–H groups in total. The molecule has 84 valence electrons. The second-order valence-electron chi connectivity index (χ2n) is 4.04. The van der Waals surface area contributed by atoms with E-state index in [0.717, 1.165) is 9.90 Å². The smallest absolute Gasteiger partial charge is 0.413 e. The van der Waals surface area contributed by atoms with Crippen LogP contribution in [0.5, 0.6) is 0 Å². The molecule has 0 aromatic carbocycles. The second kappa shape index (κ2) is 4.40. The molecule has 6 heteroatoms. The van der Waals surface area contributed by atoms with Crippen molar-refractivity contribution in [2.45, 2.75) is 37.5 Å². The van der Waals surface area contributed by atoms with Crippen LogP contribution >= 0.6 is 24.0 Å². The van der Waals surface area contributed by atoms with E-state index in [9.17, 15) is 4.79 Å². The van der Waals surface area contributed by atoms with Crippen LogP contribution in [0.4, 0.5) is 9.93 Å². The van der Waals surface area contributed by atoms with Crippen molar-refractivity contribution < 1.29 is 9.53 Å². The lowest BCUT2D eigenvalue weighted by Gasteiger charge is -2.18. The molecule has 0 spiro atoms. The summed E-state index contributed by atoms with van der Waals surface area (Å²) in [7, 11) is 0. The largest absolute Gasteiger partial charge is 0.444 e. The molecule has 0 bridgehead atoms. The second-order valence-corrected chi connectivity index (χ2v) is 5.79. The molecule has 0 radical (unpaired) electrons. The van der Waals surface area contributed by atoms with Gasteiger partial charge in [0.05, 0.1) is 9.90 Å². The van der Waals surface area contributed by atoms with E-state index in [2.05, 4.69) is 22.9 Å². The molecule has 0 fully saturated rings. The van der Waals surface area contributed by atoms with Crippen LogP contribution in [0.15, 0.2) is 4.21 Å². The number of carbonyl (C=O) groups excluding carboxylic acids is 1. The predicted octanol–water partition coefficient (Wildman–Crippen LogP) is 3.09. The van der Waals surface area contributed by atoms with Crippen LogP contribution in [-0.4, -0.2) is 16.7 Å². The van der Waals surface area contributed by atoms with Crippen molar-refractivity contribution in [3.8, 4) is 0 Å². The van der Waals surface area contributed by atoms with Crippen LogP contribution < -0.4 is 5.32 Å². The fourth-order valence-electron chi connectivity index (χ4n) is 0.833. The molecule has 0 aliphatic carbocycles. The molecule has 0 atom stereocenters. The van der Waals surface area contributed by atoms with E-state index >= 15 is 0 Å². The minimum absolute atomic E-state index is 0.496. The molecular weight excluding hydrogens is 232 g/mol. The Morgan fingerprint density at radius 3 is 2.53 bits per heavy atom. The van der Waals surface area contributed by atoms with Crippen molar-refractivity contribution in [2.24, 2.45) is 0 Å². The number of anilines is 1. The molecule has 15 heavy (non-hydrogen) atoms. The first-order valence-electron chi connectivity index (χ1n) is 4.44. The van der Waals surface area contributed by atoms with E-state index in [1.54, 1.807) is 0 Å². The number of hydrogen-bond acceptors (Lipinski definition) is 5. The Hall–Kier alpha value is -0.750. The van der Waals surface area contributed by atoms with E-state index in [1.807, 2.05) is 27.7 Å². The van der Waals surface area contributed by atoms with Gasteiger partial charge in [-0.3, -0.25) is 5.32 Å². The molecule has 0 aliphatic heterocycles. The van der Waals surface area contributed by atoms with Crippen LogP contribution in [0.25, 0.3) is 0 Å².